The molecule has 0 unspecified atom stereocenters. The number of rotatable bonds is 7. The molecule has 0 aliphatic rings. The summed E-state index contributed by atoms with van der Waals surface area (Å²) in [7, 11) is 0. The zero-order valence-corrected chi connectivity index (χ0v) is 17.8. The van der Waals surface area contributed by atoms with Crippen LogP contribution in [-0.2, 0) is 11.2 Å². The summed E-state index contributed by atoms with van der Waals surface area (Å²) in [6, 6.07) is 12.8. The summed E-state index contributed by atoms with van der Waals surface area (Å²) in [6.45, 7) is 0.369. The first-order chi connectivity index (χ1) is 14.9. The topological polar surface area (TPSA) is 96.7 Å². The molecule has 0 saturated carbocycles. The highest BCUT2D eigenvalue weighted by molar-refractivity contribution is 6.37. The predicted molar refractivity (Wildman–Crippen MR) is 119 cm³/mol. The number of amides is 1. The molecule has 158 valence electrons. The molecule has 0 radical (unpaired) electrons. The van der Waals surface area contributed by atoms with Gasteiger partial charge in [0.2, 0.25) is 5.91 Å². The molecule has 9 heteroatoms. The average molecular weight is 458 g/mol. The largest absolute Gasteiger partial charge is 0.382 e. The van der Waals surface area contributed by atoms with E-state index < -0.39 is 0 Å². The van der Waals surface area contributed by atoms with E-state index in [1.807, 2.05) is 0 Å². The molecule has 3 rings (SSSR count). The maximum Gasteiger partial charge on any atom is 0.244 e. The fraction of sp³-hybridized carbons (Fsp3) is 0.136. The van der Waals surface area contributed by atoms with Crippen molar-refractivity contribution in [2.45, 2.75) is 12.8 Å². The third kappa shape index (κ3) is 5.43. The average Bonchev–Trinajstić information content (AvgIpc) is 3.06. The standard InChI is InChI=1S/C22H18Cl2FN5O/c23-18-3-1-4-19(24)16(18)10-11-21(31)28-12-2-5-20-17(13-26)22(27)30(29-20)15-8-6-14(25)7-9-15/h1,3-4,6-11H,2,5,12,27H2,(H,28,31)/b11-10+. The van der Waals surface area contributed by atoms with Gasteiger partial charge in [-0.15, -0.1) is 0 Å². The fourth-order valence-corrected chi connectivity index (χ4v) is 3.43. The van der Waals surface area contributed by atoms with Gasteiger partial charge in [0.25, 0.3) is 0 Å². The second-order valence-electron chi connectivity index (χ2n) is 6.57. The summed E-state index contributed by atoms with van der Waals surface area (Å²) in [5, 5.41) is 17.5. The third-order valence-corrected chi connectivity index (χ3v) is 5.13. The number of anilines is 1. The van der Waals surface area contributed by atoms with Crippen molar-refractivity contribution in [1.29, 1.82) is 5.26 Å². The van der Waals surface area contributed by atoms with Crippen molar-refractivity contribution >= 4 is 41.0 Å². The highest BCUT2D eigenvalue weighted by Gasteiger charge is 2.16. The SMILES string of the molecule is N#Cc1c(CCCNC(=O)/C=C/c2c(Cl)cccc2Cl)nn(-c2ccc(F)cc2)c1N. The smallest absolute Gasteiger partial charge is 0.244 e. The van der Waals surface area contributed by atoms with Crippen LogP contribution in [0.4, 0.5) is 10.2 Å². The quantitative estimate of drug-likeness (QED) is 0.402. The van der Waals surface area contributed by atoms with Gasteiger partial charge in [-0.1, -0.05) is 29.3 Å². The van der Waals surface area contributed by atoms with Gasteiger partial charge < -0.3 is 11.1 Å². The minimum Gasteiger partial charge on any atom is -0.382 e. The first-order valence-corrected chi connectivity index (χ1v) is 10.1. The third-order valence-electron chi connectivity index (χ3n) is 4.47. The van der Waals surface area contributed by atoms with Gasteiger partial charge >= 0.3 is 0 Å². The molecule has 0 atom stereocenters. The highest BCUT2D eigenvalue weighted by atomic mass is 35.5. The number of halogens is 3. The molecular formula is C22H18Cl2FN5O. The van der Waals surface area contributed by atoms with Crippen LogP contribution < -0.4 is 11.1 Å². The number of carbonyl (C=O) groups excluding carboxylic acids is 1. The Bertz CT molecular complexity index is 1150. The molecule has 3 aromatic rings. The number of benzene rings is 2. The maximum atomic E-state index is 13.1. The zero-order valence-electron chi connectivity index (χ0n) is 16.3. The predicted octanol–water partition coefficient (Wildman–Crippen LogP) is 4.53. The first kappa shape index (κ1) is 22.3. The van der Waals surface area contributed by atoms with Gasteiger partial charge in [-0.25, -0.2) is 9.07 Å². The number of nitrogens with zero attached hydrogens (tertiary/aromatic N) is 3. The van der Waals surface area contributed by atoms with Crippen LogP contribution in [0.1, 0.15) is 23.2 Å². The highest BCUT2D eigenvalue weighted by Crippen LogP contribution is 2.25. The number of carbonyl (C=O) groups is 1. The lowest BCUT2D eigenvalue weighted by atomic mass is 10.1. The van der Waals surface area contributed by atoms with E-state index in [4.69, 9.17) is 28.9 Å². The van der Waals surface area contributed by atoms with Crippen molar-refractivity contribution in [2.24, 2.45) is 0 Å². The number of hydrogen-bond acceptors (Lipinski definition) is 4. The molecule has 0 aliphatic heterocycles. The molecule has 1 heterocycles. The lowest BCUT2D eigenvalue weighted by Gasteiger charge is -2.03. The summed E-state index contributed by atoms with van der Waals surface area (Å²) < 4.78 is 14.6. The molecule has 31 heavy (non-hydrogen) atoms. The van der Waals surface area contributed by atoms with Gasteiger partial charge in [0.15, 0.2) is 0 Å². The molecule has 6 nitrogen and oxygen atoms in total. The Hall–Kier alpha value is -3.34. The van der Waals surface area contributed by atoms with Crippen LogP contribution in [0.3, 0.4) is 0 Å². The number of nitrogens with two attached hydrogens (primary N) is 1. The second-order valence-corrected chi connectivity index (χ2v) is 7.38. The van der Waals surface area contributed by atoms with Gasteiger partial charge in [0.1, 0.15) is 23.3 Å². The number of nitriles is 1. The van der Waals surface area contributed by atoms with E-state index in [0.29, 0.717) is 46.4 Å². The number of hydrogen-bond donors (Lipinski definition) is 2. The summed E-state index contributed by atoms with van der Waals surface area (Å²) in [4.78, 5) is 12.0. The van der Waals surface area contributed by atoms with Crippen molar-refractivity contribution < 1.29 is 9.18 Å². The van der Waals surface area contributed by atoms with Gasteiger partial charge in [-0.3, -0.25) is 4.79 Å². The van der Waals surface area contributed by atoms with Crippen LogP contribution >= 0.6 is 23.2 Å². The van der Waals surface area contributed by atoms with E-state index in [9.17, 15) is 14.4 Å². The summed E-state index contributed by atoms with van der Waals surface area (Å²) in [5.41, 5.74) is 7.94. The summed E-state index contributed by atoms with van der Waals surface area (Å²) >= 11 is 12.1. The Kier molecular flexibility index (Phi) is 7.29. The van der Waals surface area contributed by atoms with Crippen LogP contribution in [0, 0.1) is 17.1 Å². The van der Waals surface area contributed by atoms with E-state index in [1.54, 1.807) is 24.3 Å². The van der Waals surface area contributed by atoms with Crippen LogP contribution in [-0.4, -0.2) is 22.2 Å². The number of nitrogen functional groups attached to an aromatic ring is 1. The van der Waals surface area contributed by atoms with E-state index in [1.165, 1.54) is 35.0 Å². The van der Waals surface area contributed by atoms with Gasteiger partial charge in [0, 0.05) is 28.2 Å². The van der Waals surface area contributed by atoms with Gasteiger partial charge in [0.05, 0.1) is 11.4 Å². The molecule has 0 fully saturated rings. The van der Waals surface area contributed by atoms with Crippen molar-refractivity contribution in [3.05, 3.63) is 81.2 Å². The van der Waals surface area contributed by atoms with E-state index in [0.717, 1.165) is 0 Å². The molecular weight excluding hydrogens is 440 g/mol. The Morgan fingerprint density at radius 1 is 1.23 bits per heavy atom. The van der Waals surface area contributed by atoms with Crippen LogP contribution in [0.15, 0.2) is 48.5 Å². The van der Waals surface area contributed by atoms with Crippen molar-refractivity contribution in [2.75, 3.05) is 12.3 Å². The zero-order chi connectivity index (χ0) is 22.4. The Morgan fingerprint density at radius 2 is 1.90 bits per heavy atom. The summed E-state index contributed by atoms with van der Waals surface area (Å²) in [5.74, 6) is -0.489. The second kappa shape index (κ2) is 10.1. The molecule has 0 aliphatic carbocycles. The van der Waals surface area contributed by atoms with E-state index in [-0.39, 0.29) is 23.1 Å². The Labute approximate surface area is 188 Å². The van der Waals surface area contributed by atoms with Crippen LogP contribution in [0.5, 0.6) is 0 Å². The molecule has 1 aromatic heterocycles. The number of aromatic nitrogens is 2. The van der Waals surface area contributed by atoms with Gasteiger partial charge in [-0.05, 0) is 55.3 Å². The molecule has 2 aromatic carbocycles. The summed E-state index contributed by atoms with van der Waals surface area (Å²) in [6.07, 6.45) is 3.89. The fourth-order valence-electron chi connectivity index (χ4n) is 2.91. The molecule has 3 N–H and O–H groups in total. The van der Waals surface area contributed by atoms with Gasteiger partial charge in [-0.2, -0.15) is 10.4 Å². The maximum absolute atomic E-state index is 13.1. The number of aryl methyl sites for hydroxylation is 1. The Balaban J connectivity index is 1.59. The first-order valence-electron chi connectivity index (χ1n) is 9.34. The normalized spacial score (nSPS) is 10.9. The Morgan fingerprint density at radius 3 is 2.55 bits per heavy atom. The lowest BCUT2D eigenvalue weighted by Crippen LogP contribution is -2.22. The minimum atomic E-state index is -0.378. The molecule has 0 saturated heterocycles. The van der Waals surface area contributed by atoms with E-state index >= 15 is 0 Å². The molecule has 0 spiro atoms. The molecule has 1 amide bonds. The van der Waals surface area contributed by atoms with Crippen LogP contribution in [0.25, 0.3) is 11.8 Å². The van der Waals surface area contributed by atoms with Crippen molar-refractivity contribution in [1.82, 2.24) is 15.1 Å². The lowest BCUT2D eigenvalue weighted by molar-refractivity contribution is -0.116. The monoisotopic (exact) mass is 457 g/mol. The van der Waals surface area contributed by atoms with Crippen LogP contribution in [0.2, 0.25) is 10.0 Å². The van der Waals surface area contributed by atoms with Crippen molar-refractivity contribution in [3.8, 4) is 11.8 Å². The number of nitrogens with one attached hydrogen (secondary N) is 1. The minimum absolute atomic E-state index is 0.188. The van der Waals surface area contributed by atoms with Crippen molar-refractivity contribution in [3.63, 3.8) is 0 Å². The van der Waals surface area contributed by atoms with E-state index in [2.05, 4.69) is 16.5 Å². The molecule has 0 bridgehead atoms.